The van der Waals surface area contributed by atoms with E-state index >= 15 is 0 Å². The number of H-pyrrole nitrogens is 2. The number of alkyl halides is 3. The molecule has 0 saturated carbocycles. The Morgan fingerprint density at radius 2 is 1.87 bits per heavy atom. The van der Waals surface area contributed by atoms with E-state index in [4.69, 9.17) is 9.90 Å². The molecule has 10 heteroatoms. The fourth-order valence-electron chi connectivity index (χ4n) is 3.21. The van der Waals surface area contributed by atoms with Crippen molar-refractivity contribution in [1.29, 1.82) is 0 Å². The summed E-state index contributed by atoms with van der Waals surface area (Å²) in [5, 5.41) is 18.3. The lowest BCUT2D eigenvalue weighted by Gasteiger charge is -2.11. The van der Waals surface area contributed by atoms with Crippen molar-refractivity contribution in [3.05, 3.63) is 53.2 Å². The van der Waals surface area contributed by atoms with Crippen molar-refractivity contribution in [2.45, 2.75) is 45.3 Å². The number of rotatable bonds is 4. The standard InChI is InChI=1S/C18H21N5.C2HF3O2/c1-12-10-20-17(21-12)11-19-14-8-6-13(7-9-14)18-15-4-2-3-5-16(15)22-23-18;3-2(4,5)1(6)7/h6-10,19H,2-5,11H2,1H3,(H,20,21)(H,22,23);(H,6,7). The predicted octanol–water partition coefficient (Wildman–Crippen LogP) is 4.23. The van der Waals surface area contributed by atoms with Gasteiger partial charge in [0.25, 0.3) is 0 Å². The Morgan fingerprint density at radius 1 is 1.20 bits per heavy atom. The van der Waals surface area contributed by atoms with Crippen LogP contribution in [0.5, 0.6) is 0 Å². The van der Waals surface area contributed by atoms with Crippen molar-refractivity contribution in [2.24, 2.45) is 0 Å². The van der Waals surface area contributed by atoms with Crippen LogP contribution < -0.4 is 5.32 Å². The number of benzene rings is 1. The number of carboxylic acid groups (broad SMARTS) is 1. The quantitative estimate of drug-likeness (QED) is 0.504. The van der Waals surface area contributed by atoms with E-state index in [0.717, 1.165) is 35.7 Å². The lowest BCUT2D eigenvalue weighted by atomic mass is 9.94. The number of carbonyl (C=O) groups is 1. The summed E-state index contributed by atoms with van der Waals surface area (Å²) < 4.78 is 31.7. The van der Waals surface area contributed by atoms with Gasteiger partial charge in [-0.1, -0.05) is 12.1 Å². The second kappa shape index (κ2) is 9.02. The van der Waals surface area contributed by atoms with Crippen molar-refractivity contribution >= 4 is 11.7 Å². The van der Waals surface area contributed by atoms with Gasteiger partial charge in [-0.15, -0.1) is 0 Å². The number of anilines is 1. The predicted molar refractivity (Wildman–Crippen MR) is 105 cm³/mol. The van der Waals surface area contributed by atoms with Crippen LogP contribution in [0.4, 0.5) is 18.9 Å². The highest BCUT2D eigenvalue weighted by atomic mass is 19.4. The molecule has 160 valence electrons. The highest BCUT2D eigenvalue weighted by Crippen LogP contribution is 2.30. The first-order valence-electron chi connectivity index (χ1n) is 9.45. The molecule has 4 N–H and O–H groups in total. The number of nitrogens with zero attached hydrogens (tertiary/aromatic N) is 2. The lowest BCUT2D eigenvalue weighted by molar-refractivity contribution is -0.192. The number of imidazole rings is 1. The topological polar surface area (TPSA) is 107 Å². The Morgan fingerprint density at radius 3 is 2.47 bits per heavy atom. The Kier molecular flexibility index (Phi) is 6.43. The van der Waals surface area contributed by atoms with E-state index in [9.17, 15) is 13.2 Å². The van der Waals surface area contributed by atoms with Crippen LogP contribution in [0.15, 0.2) is 30.5 Å². The minimum absolute atomic E-state index is 0.699. The van der Waals surface area contributed by atoms with Gasteiger partial charge < -0.3 is 15.4 Å². The molecule has 2 heterocycles. The average molecular weight is 421 g/mol. The molecule has 1 aromatic carbocycles. The monoisotopic (exact) mass is 421 g/mol. The van der Waals surface area contributed by atoms with Crippen LogP contribution in [0, 0.1) is 6.92 Å². The SMILES string of the molecule is Cc1cnc(CNc2ccc(-c3n[nH]c4c3CCCC4)cc2)[nH]1.O=C(O)C(F)(F)F. The summed E-state index contributed by atoms with van der Waals surface area (Å²) in [4.78, 5) is 16.4. The van der Waals surface area contributed by atoms with Gasteiger partial charge in [-0.05, 0) is 44.7 Å². The van der Waals surface area contributed by atoms with E-state index < -0.39 is 12.1 Å². The highest BCUT2D eigenvalue weighted by Gasteiger charge is 2.38. The molecule has 0 bridgehead atoms. The normalized spacial score (nSPS) is 13.2. The summed E-state index contributed by atoms with van der Waals surface area (Å²) in [6.45, 7) is 2.71. The molecule has 0 unspecified atom stereocenters. The van der Waals surface area contributed by atoms with E-state index in [-0.39, 0.29) is 0 Å². The molecule has 0 spiro atoms. The number of aryl methyl sites for hydroxylation is 2. The zero-order chi connectivity index (χ0) is 21.7. The number of aromatic nitrogens is 4. The molecule has 0 radical (unpaired) electrons. The van der Waals surface area contributed by atoms with Crippen molar-refractivity contribution in [2.75, 3.05) is 5.32 Å². The fourth-order valence-corrected chi connectivity index (χ4v) is 3.21. The van der Waals surface area contributed by atoms with Gasteiger partial charge in [0.1, 0.15) is 5.82 Å². The molecule has 30 heavy (non-hydrogen) atoms. The van der Waals surface area contributed by atoms with Gasteiger partial charge in [-0.25, -0.2) is 9.78 Å². The molecule has 0 aliphatic heterocycles. The zero-order valence-electron chi connectivity index (χ0n) is 16.3. The molecule has 7 nitrogen and oxygen atoms in total. The van der Waals surface area contributed by atoms with Gasteiger partial charge in [0, 0.05) is 34.4 Å². The van der Waals surface area contributed by atoms with Crippen molar-refractivity contribution < 1.29 is 23.1 Å². The van der Waals surface area contributed by atoms with Crippen LogP contribution in [-0.2, 0) is 24.2 Å². The second-order valence-electron chi connectivity index (χ2n) is 6.98. The summed E-state index contributed by atoms with van der Waals surface area (Å²) in [5.41, 5.74) is 7.20. The number of halogens is 3. The van der Waals surface area contributed by atoms with E-state index in [1.54, 1.807) is 0 Å². The maximum absolute atomic E-state index is 10.6. The summed E-state index contributed by atoms with van der Waals surface area (Å²) in [6.07, 6.45) is 1.57. The number of nitrogens with one attached hydrogen (secondary N) is 3. The van der Waals surface area contributed by atoms with Gasteiger partial charge in [0.15, 0.2) is 0 Å². The molecule has 3 aromatic rings. The van der Waals surface area contributed by atoms with Crippen LogP contribution in [-0.4, -0.2) is 37.4 Å². The van der Waals surface area contributed by atoms with Gasteiger partial charge in [-0.3, -0.25) is 5.10 Å². The third-order valence-corrected chi connectivity index (χ3v) is 4.67. The number of aliphatic carboxylic acids is 1. The van der Waals surface area contributed by atoms with Crippen LogP contribution in [0.1, 0.15) is 35.6 Å². The maximum atomic E-state index is 10.6. The first-order valence-corrected chi connectivity index (χ1v) is 9.45. The number of hydrogen-bond acceptors (Lipinski definition) is 4. The summed E-state index contributed by atoms with van der Waals surface area (Å²) in [7, 11) is 0. The molecule has 0 amide bonds. The zero-order valence-corrected chi connectivity index (χ0v) is 16.3. The fraction of sp³-hybridized carbons (Fsp3) is 0.350. The Balaban J connectivity index is 0.000000318. The summed E-state index contributed by atoms with van der Waals surface area (Å²) >= 11 is 0. The Hall–Kier alpha value is -3.30. The lowest BCUT2D eigenvalue weighted by Crippen LogP contribution is -2.21. The molecular weight excluding hydrogens is 399 g/mol. The number of hydrogen-bond donors (Lipinski definition) is 4. The molecule has 4 rings (SSSR count). The molecule has 1 aliphatic rings. The van der Waals surface area contributed by atoms with Crippen molar-refractivity contribution in [1.82, 2.24) is 20.2 Å². The van der Waals surface area contributed by atoms with Gasteiger partial charge in [0.05, 0.1) is 12.2 Å². The summed E-state index contributed by atoms with van der Waals surface area (Å²) in [6, 6.07) is 8.49. The van der Waals surface area contributed by atoms with Gasteiger partial charge >= 0.3 is 12.1 Å². The third kappa shape index (κ3) is 5.40. The smallest absolute Gasteiger partial charge is 0.475 e. The molecule has 0 atom stereocenters. The first kappa shape index (κ1) is 21.4. The van der Waals surface area contributed by atoms with Crippen LogP contribution >= 0.6 is 0 Å². The second-order valence-corrected chi connectivity index (χ2v) is 6.98. The molecule has 1 aliphatic carbocycles. The van der Waals surface area contributed by atoms with E-state index in [1.807, 2.05) is 13.1 Å². The average Bonchev–Trinajstić information content (AvgIpc) is 3.33. The summed E-state index contributed by atoms with van der Waals surface area (Å²) in [5.74, 6) is -1.81. The largest absolute Gasteiger partial charge is 0.490 e. The minimum atomic E-state index is -5.08. The number of aromatic amines is 2. The maximum Gasteiger partial charge on any atom is 0.490 e. The van der Waals surface area contributed by atoms with Crippen LogP contribution in [0.2, 0.25) is 0 Å². The van der Waals surface area contributed by atoms with E-state index in [0.29, 0.717) is 6.54 Å². The highest BCUT2D eigenvalue weighted by molar-refractivity contribution is 5.73. The Labute approximate surface area is 170 Å². The van der Waals surface area contributed by atoms with E-state index in [1.165, 1.54) is 29.7 Å². The molecule has 2 aromatic heterocycles. The first-order chi connectivity index (χ1) is 14.2. The van der Waals surface area contributed by atoms with Crippen LogP contribution in [0.25, 0.3) is 11.3 Å². The van der Waals surface area contributed by atoms with Gasteiger partial charge in [-0.2, -0.15) is 18.3 Å². The van der Waals surface area contributed by atoms with Crippen molar-refractivity contribution in [3.8, 4) is 11.3 Å². The molecular formula is C20H22F3N5O2. The third-order valence-electron chi connectivity index (χ3n) is 4.67. The number of carboxylic acids is 1. The van der Waals surface area contributed by atoms with Crippen molar-refractivity contribution in [3.63, 3.8) is 0 Å². The van der Waals surface area contributed by atoms with Gasteiger partial charge in [0.2, 0.25) is 0 Å². The Bertz CT molecular complexity index is 993. The van der Waals surface area contributed by atoms with E-state index in [2.05, 4.69) is 49.7 Å². The minimum Gasteiger partial charge on any atom is -0.475 e. The number of fused-ring (bicyclic) bond motifs is 1. The molecule has 0 saturated heterocycles. The van der Waals surface area contributed by atoms with Crippen LogP contribution in [0.3, 0.4) is 0 Å². The molecule has 0 fully saturated rings.